The molecular formula is C10H9ClNO3-. The molecule has 0 aliphatic carbocycles. The average molecular weight is 227 g/mol. The minimum absolute atomic E-state index is 0.121. The number of amides is 1. The van der Waals surface area contributed by atoms with Gasteiger partial charge in [0, 0.05) is 22.7 Å². The van der Waals surface area contributed by atoms with Crippen LogP contribution in [0.25, 0.3) is 0 Å². The SMILES string of the molecule is CCC(=O)Nc1ccc(Cl)cc1C(=O)[O-]. The summed E-state index contributed by atoms with van der Waals surface area (Å²) in [6.07, 6.45) is 0.273. The van der Waals surface area contributed by atoms with Gasteiger partial charge in [-0.1, -0.05) is 18.5 Å². The quantitative estimate of drug-likeness (QED) is 0.838. The molecule has 1 N–H and O–H groups in total. The molecule has 0 aliphatic rings. The lowest BCUT2D eigenvalue weighted by molar-refractivity contribution is -0.254. The third-order valence-electron chi connectivity index (χ3n) is 1.80. The lowest BCUT2D eigenvalue weighted by Crippen LogP contribution is -2.24. The summed E-state index contributed by atoms with van der Waals surface area (Å²) in [7, 11) is 0. The lowest BCUT2D eigenvalue weighted by atomic mass is 10.1. The van der Waals surface area contributed by atoms with Gasteiger partial charge in [-0.2, -0.15) is 0 Å². The summed E-state index contributed by atoms with van der Waals surface area (Å²) >= 11 is 5.63. The van der Waals surface area contributed by atoms with Crippen molar-refractivity contribution in [2.24, 2.45) is 0 Å². The van der Waals surface area contributed by atoms with Crippen molar-refractivity contribution in [1.82, 2.24) is 0 Å². The number of anilines is 1. The Morgan fingerprint density at radius 1 is 1.47 bits per heavy atom. The molecule has 0 saturated heterocycles. The Hall–Kier alpha value is -1.55. The number of rotatable bonds is 3. The summed E-state index contributed by atoms with van der Waals surface area (Å²) in [5, 5.41) is 13.5. The topological polar surface area (TPSA) is 69.2 Å². The van der Waals surface area contributed by atoms with Gasteiger partial charge in [0.1, 0.15) is 0 Å². The molecule has 0 aliphatic heterocycles. The Morgan fingerprint density at radius 3 is 2.67 bits per heavy atom. The molecule has 4 nitrogen and oxygen atoms in total. The van der Waals surface area contributed by atoms with Gasteiger partial charge >= 0.3 is 0 Å². The summed E-state index contributed by atoms with van der Waals surface area (Å²) in [6.45, 7) is 1.67. The van der Waals surface area contributed by atoms with Crippen LogP contribution in [0, 0.1) is 0 Å². The van der Waals surface area contributed by atoms with Gasteiger partial charge in [-0.3, -0.25) is 4.79 Å². The van der Waals surface area contributed by atoms with E-state index < -0.39 is 5.97 Å². The van der Waals surface area contributed by atoms with E-state index in [1.165, 1.54) is 18.2 Å². The molecule has 0 fully saturated rings. The second kappa shape index (κ2) is 4.79. The summed E-state index contributed by atoms with van der Waals surface area (Å²) in [6, 6.07) is 4.17. The first kappa shape index (κ1) is 11.5. The van der Waals surface area contributed by atoms with Crippen molar-refractivity contribution in [3.8, 4) is 0 Å². The normalized spacial score (nSPS) is 9.73. The van der Waals surface area contributed by atoms with Crippen LogP contribution in [0.4, 0.5) is 5.69 Å². The molecule has 0 aromatic heterocycles. The predicted molar refractivity (Wildman–Crippen MR) is 54.7 cm³/mol. The van der Waals surface area contributed by atoms with E-state index in [2.05, 4.69) is 5.32 Å². The number of hydrogen-bond donors (Lipinski definition) is 1. The average Bonchev–Trinajstić information content (AvgIpc) is 2.20. The largest absolute Gasteiger partial charge is 0.545 e. The standard InChI is InChI=1S/C10H10ClNO3/c1-2-9(13)12-8-4-3-6(11)5-7(8)10(14)15/h3-5H,2H2,1H3,(H,12,13)(H,14,15)/p-1. The predicted octanol–water partition coefficient (Wildman–Crippen LogP) is 1.05. The van der Waals surface area contributed by atoms with Crippen LogP contribution in [0.15, 0.2) is 18.2 Å². The summed E-state index contributed by atoms with van der Waals surface area (Å²) in [4.78, 5) is 21.8. The van der Waals surface area contributed by atoms with Crippen LogP contribution in [0.5, 0.6) is 0 Å². The molecule has 0 heterocycles. The molecule has 5 heteroatoms. The summed E-state index contributed by atoms with van der Waals surface area (Å²) in [5.74, 6) is -1.64. The van der Waals surface area contributed by atoms with Gasteiger partial charge in [0.15, 0.2) is 0 Å². The van der Waals surface area contributed by atoms with E-state index >= 15 is 0 Å². The van der Waals surface area contributed by atoms with Crippen molar-refractivity contribution in [1.29, 1.82) is 0 Å². The molecule has 80 valence electrons. The second-order valence-electron chi connectivity index (χ2n) is 2.88. The van der Waals surface area contributed by atoms with Crippen molar-refractivity contribution in [3.63, 3.8) is 0 Å². The molecule has 0 spiro atoms. The van der Waals surface area contributed by atoms with Crippen molar-refractivity contribution in [3.05, 3.63) is 28.8 Å². The number of carboxylic acid groups (broad SMARTS) is 1. The number of carboxylic acids is 1. The van der Waals surface area contributed by atoms with E-state index in [0.717, 1.165) is 0 Å². The molecule has 1 aromatic carbocycles. The van der Waals surface area contributed by atoms with Gasteiger partial charge < -0.3 is 15.2 Å². The zero-order valence-electron chi connectivity index (χ0n) is 8.04. The molecule has 1 rings (SSSR count). The molecular weight excluding hydrogens is 218 g/mol. The van der Waals surface area contributed by atoms with Gasteiger partial charge in [-0.25, -0.2) is 0 Å². The van der Waals surface area contributed by atoms with Crippen LogP contribution in [0.2, 0.25) is 5.02 Å². The van der Waals surface area contributed by atoms with Crippen LogP contribution in [-0.4, -0.2) is 11.9 Å². The van der Waals surface area contributed by atoms with Gasteiger partial charge in [-0.15, -0.1) is 0 Å². The number of carbonyl (C=O) groups excluding carboxylic acids is 2. The highest BCUT2D eigenvalue weighted by Gasteiger charge is 2.06. The molecule has 1 aromatic rings. The number of halogens is 1. The summed E-state index contributed by atoms with van der Waals surface area (Å²) in [5.41, 5.74) is 0.0792. The number of carbonyl (C=O) groups is 2. The minimum Gasteiger partial charge on any atom is -0.545 e. The Kier molecular flexibility index (Phi) is 3.68. The Balaban J connectivity index is 3.06. The van der Waals surface area contributed by atoms with E-state index in [9.17, 15) is 14.7 Å². The van der Waals surface area contributed by atoms with E-state index in [4.69, 9.17) is 11.6 Å². The Labute approximate surface area is 91.9 Å². The highest BCUT2D eigenvalue weighted by atomic mass is 35.5. The van der Waals surface area contributed by atoms with Gasteiger partial charge in [0.25, 0.3) is 0 Å². The maximum atomic E-state index is 11.1. The third-order valence-corrected chi connectivity index (χ3v) is 2.03. The molecule has 0 saturated carbocycles. The van der Waals surface area contributed by atoms with Gasteiger partial charge in [-0.05, 0) is 18.2 Å². The first-order chi connectivity index (χ1) is 7.04. The second-order valence-corrected chi connectivity index (χ2v) is 3.32. The molecule has 0 unspecified atom stereocenters. The molecule has 0 radical (unpaired) electrons. The zero-order chi connectivity index (χ0) is 11.4. The van der Waals surface area contributed by atoms with Crippen LogP contribution in [0.1, 0.15) is 23.7 Å². The first-order valence-corrected chi connectivity index (χ1v) is 4.73. The van der Waals surface area contributed by atoms with E-state index in [1.807, 2.05) is 0 Å². The summed E-state index contributed by atoms with van der Waals surface area (Å²) < 4.78 is 0. The molecule has 0 atom stereocenters. The smallest absolute Gasteiger partial charge is 0.224 e. The monoisotopic (exact) mass is 226 g/mol. The third kappa shape index (κ3) is 2.95. The Bertz CT molecular complexity index is 404. The van der Waals surface area contributed by atoms with Crippen molar-refractivity contribution in [2.45, 2.75) is 13.3 Å². The van der Waals surface area contributed by atoms with Crippen molar-refractivity contribution in [2.75, 3.05) is 5.32 Å². The number of aromatic carboxylic acids is 1. The van der Waals surface area contributed by atoms with Crippen LogP contribution >= 0.6 is 11.6 Å². The highest BCUT2D eigenvalue weighted by Crippen LogP contribution is 2.20. The van der Waals surface area contributed by atoms with Gasteiger partial charge in [0.2, 0.25) is 5.91 Å². The maximum Gasteiger partial charge on any atom is 0.224 e. The molecule has 1 amide bonds. The van der Waals surface area contributed by atoms with E-state index in [-0.39, 0.29) is 28.6 Å². The van der Waals surface area contributed by atoms with Crippen LogP contribution in [0.3, 0.4) is 0 Å². The highest BCUT2D eigenvalue weighted by molar-refractivity contribution is 6.31. The number of hydrogen-bond acceptors (Lipinski definition) is 3. The van der Waals surface area contributed by atoms with Crippen LogP contribution < -0.4 is 10.4 Å². The van der Waals surface area contributed by atoms with E-state index in [1.54, 1.807) is 6.92 Å². The maximum absolute atomic E-state index is 11.1. The molecule has 15 heavy (non-hydrogen) atoms. The first-order valence-electron chi connectivity index (χ1n) is 4.35. The number of benzene rings is 1. The van der Waals surface area contributed by atoms with E-state index in [0.29, 0.717) is 0 Å². The van der Waals surface area contributed by atoms with Crippen LogP contribution in [-0.2, 0) is 4.79 Å². The fourth-order valence-corrected chi connectivity index (χ4v) is 1.21. The number of nitrogens with one attached hydrogen (secondary N) is 1. The van der Waals surface area contributed by atoms with Crippen molar-refractivity contribution < 1.29 is 14.7 Å². The minimum atomic E-state index is -1.37. The fourth-order valence-electron chi connectivity index (χ4n) is 1.03. The Morgan fingerprint density at radius 2 is 2.13 bits per heavy atom. The zero-order valence-corrected chi connectivity index (χ0v) is 8.80. The lowest BCUT2D eigenvalue weighted by Gasteiger charge is -2.11. The molecule has 0 bridgehead atoms. The van der Waals surface area contributed by atoms with Gasteiger partial charge in [0.05, 0.1) is 5.97 Å². The fraction of sp³-hybridized carbons (Fsp3) is 0.200. The van der Waals surface area contributed by atoms with Crippen molar-refractivity contribution >= 4 is 29.2 Å².